The molecule has 1 nitrogen and oxygen atoms in total. The van der Waals surface area contributed by atoms with Gasteiger partial charge in [-0.15, -0.1) is 0 Å². The second-order valence-electron chi connectivity index (χ2n) is 5.39. The first-order valence-corrected chi connectivity index (χ1v) is 5.55. The van der Waals surface area contributed by atoms with Crippen LogP contribution >= 0.6 is 0 Å². The van der Waals surface area contributed by atoms with Crippen LogP contribution in [-0.2, 0) is 0 Å². The van der Waals surface area contributed by atoms with Crippen LogP contribution in [0, 0.1) is 16.7 Å². The monoisotopic (exact) mass is 178 g/mol. The molecule has 2 saturated carbocycles. The standard InChI is InChI=1S/C12H18O/c1-11-5-3-7-12(11)6-2-4-9(12)8-10(11)13/h3,5,9-10,13H,2,4,6-8H2,1H3/t9-,10-,11-,12+/m0/s1. The minimum atomic E-state index is -0.0726. The van der Waals surface area contributed by atoms with E-state index in [1.165, 1.54) is 25.7 Å². The smallest absolute Gasteiger partial charge is 0.0636 e. The molecule has 0 saturated heterocycles. The summed E-state index contributed by atoms with van der Waals surface area (Å²) in [5, 5.41) is 10.1. The fraction of sp³-hybridized carbons (Fsp3) is 0.833. The van der Waals surface area contributed by atoms with Crippen molar-refractivity contribution in [2.75, 3.05) is 0 Å². The van der Waals surface area contributed by atoms with Crippen molar-refractivity contribution in [1.29, 1.82) is 0 Å². The summed E-state index contributed by atoms with van der Waals surface area (Å²) in [5.41, 5.74) is 0.584. The number of allylic oxidation sites excluding steroid dienone is 1. The van der Waals surface area contributed by atoms with Gasteiger partial charge in [-0.3, -0.25) is 0 Å². The van der Waals surface area contributed by atoms with Gasteiger partial charge in [-0.2, -0.15) is 0 Å². The maximum absolute atomic E-state index is 10.1. The number of hydrogen-bond acceptors (Lipinski definition) is 1. The van der Waals surface area contributed by atoms with Crippen LogP contribution in [0.2, 0.25) is 0 Å². The molecule has 72 valence electrons. The average Bonchev–Trinajstić information content (AvgIpc) is 2.66. The van der Waals surface area contributed by atoms with Crippen molar-refractivity contribution in [3.63, 3.8) is 0 Å². The summed E-state index contributed by atoms with van der Waals surface area (Å²) < 4.78 is 0. The highest BCUT2D eigenvalue weighted by Crippen LogP contribution is 2.68. The molecule has 0 heterocycles. The van der Waals surface area contributed by atoms with E-state index in [-0.39, 0.29) is 11.5 Å². The first-order valence-electron chi connectivity index (χ1n) is 5.55. The van der Waals surface area contributed by atoms with E-state index in [0.29, 0.717) is 5.41 Å². The highest BCUT2D eigenvalue weighted by atomic mass is 16.3. The number of aliphatic hydroxyl groups excluding tert-OH is 1. The quantitative estimate of drug-likeness (QED) is 0.565. The second-order valence-corrected chi connectivity index (χ2v) is 5.39. The van der Waals surface area contributed by atoms with Crippen LogP contribution in [0.25, 0.3) is 0 Å². The molecule has 0 bridgehead atoms. The Morgan fingerprint density at radius 3 is 3.15 bits per heavy atom. The van der Waals surface area contributed by atoms with E-state index in [2.05, 4.69) is 19.1 Å². The molecule has 0 unspecified atom stereocenters. The van der Waals surface area contributed by atoms with E-state index >= 15 is 0 Å². The Balaban J connectivity index is 2.10. The maximum Gasteiger partial charge on any atom is 0.0636 e. The molecule has 0 radical (unpaired) electrons. The molecule has 0 aromatic heterocycles. The van der Waals surface area contributed by atoms with Crippen LogP contribution < -0.4 is 0 Å². The van der Waals surface area contributed by atoms with Crippen LogP contribution in [0.3, 0.4) is 0 Å². The molecule has 13 heavy (non-hydrogen) atoms. The van der Waals surface area contributed by atoms with Crippen molar-refractivity contribution in [3.05, 3.63) is 12.2 Å². The fourth-order valence-electron chi connectivity index (χ4n) is 4.32. The van der Waals surface area contributed by atoms with Gasteiger partial charge in [-0.1, -0.05) is 25.5 Å². The van der Waals surface area contributed by atoms with Gasteiger partial charge in [0, 0.05) is 5.41 Å². The van der Waals surface area contributed by atoms with E-state index in [9.17, 15) is 5.11 Å². The maximum atomic E-state index is 10.1. The molecule has 1 spiro atoms. The van der Waals surface area contributed by atoms with Crippen LogP contribution in [-0.4, -0.2) is 11.2 Å². The molecule has 0 aromatic rings. The lowest BCUT2D eigenvalue weighted by molar-refractivity contribution is 0.0347. The predicted molar refractivity (Wildman–Crippen MR) is 52.3 cm³/mol. The molecule has 3 rings (SSSR count). The van der Waals surface area contributed by atoms with Gasteiger partial charge >= 0.3 is 0 Å². The molecule has 0 aliphatic heterocycles. The third-order valence-electron chi connectivity index (χ3n) is 5.18. The first kappa shape index (κ1) is 8.05. The molecular weight excluding hydrogens is 160 g/mol. The summed E-state index contributed by atoms with van der Waals surface area (Å²) in [6.45, 7) is 2.27. The van der Waals surface area contributed by atoms with Crippen molar-refractivity contribution in [2.24, 2.45) is 16.7 Å². The van der Waals surface area contributed by atoms with Crippen LogP contribution in [0.1, 0.15) is 39.0 Å². The summed E-state index contributed by atoms with van der Waals surface area (Å²) in [7, 11) is 0. The van der Waals surface area contributed by atoms with E-state index in [4.69, 9.17) is 0 Å². The lowest BCUT2D eigenvalue weighted by Gasteiger charge is -2.39. The summed E-state index contributed by atoms with van der Waals surface area (Å²) >= 11 is 0. The van der Waals surface area contributed by atoms with E-state index < -0.39 is 0 Å². The third-order valence-corrected chi connectivity index (χ3v) is 5.18. The molecule has 1 N–H and O–H groups in total. The number of hydrogen-bond donors (Lipinski definition) is 1. The number of aliphatic hydroxyl groups is 1. The largest absolute Gasteiger partial charge is 0.392 e. The van der Waals surface area contributed by atoms with Crippen LogP contribution in [0.15, 0.2) is 12.2 Å². The highest BCUT2D eigenvalue weighted by molar-refractivity contribution is 5.25. The molecule has 4 atom stereocenters. The molecule has 3 aliphatic carbocycles. The second kappa shape index (κ2) is 2.20. The molecule has 3 aliphatic rings. The average molecular weight is 178 g/mol. The zero-order valence-corrected chi connectivity index (χ0v) is 8.29. The van der Waals surface area contributed by atoms with E-state index in [0.717, 1.165) is 12.3 Å². The Hall–Kier alpha value is -0.300. The number of rotatable bonds is 0. The lowest BCUT2D eigenvalue weighted by Crippen LogP contribution is -2.37. The van der Waals surface area contributed by atoms with Crippen molar-refractivity contribution in [2.45, 2.75) is 45.1 Å². The minimum Gasteiger partial charge on any atom is -0.392 e. The Labute approximate surface area is 79.8 Å². The van der Waals surface area contributed by atoms with Gasteiger partial charge in [0.1, 0.15) is 0 Å². The van der Waals surface area contributed by atoms with Crippen LogP contribution in [0.4, 0.5) is 0 Å². The summed E-state index contributed by atoms with van der Waals surface area (Å²) in [5.74, 6) is 0.808. The first-order chi connectivity index (χ1) is 6.19. The van der Waals surface area contributed by atoms with Gasteiger partial charge in [0.25, 0.3) is 0 Å². The fourth-order valence-corrected chi connectivity index (χ4v) is 4.32. The molecule has 1 heteroatoms. The van der Waals surface area contributed by atoms with Crippen molar-refractivity contribution in [3.8, 4) is 0 Å². The lowest BCUT2D eigenvalue weighted by atomic mass is 9.65. The van der Waals surface area contributed by atoms with Gasteiger partial charge in [0.2, 0.25) is 0 Å². The van der Waals surface area contributed by atoms with Gasteiger partial charge in [-0.05, 0) is 37.0 Å². The SMILES string of the molecule is C[C@@]12C=CC[C@@]13CCC[C@H]3C[C@@H]2O. The van der Waals surface area contributed by atoms with Crippen molar-refractivity contribution in [1.82, 2.24) is 0 Å². The van der Waals surface area contributed by atoms with Crippen molar-refractivity contribution >= 4 is 0 Å². The van der Waals surface area contributed by atoms with Crippen LogP contribution in [0.5, 0.6) is 0 Å². The molecule has 0 amide bonds. The van der Waals surface area contributed by atoms with Gasteiger partial charge in [-0.25, -0.2) is 0 Å². The summed E-state index contributed by atoms with van der Waals surface area (Å²) in [4.78, 5) is 0. The van der Waals surface area contributed by atoms with Gasteiger partial charge < -0.3 is 5.11 Å². The Morgan fingerprint density at radius 2 is 2.31 bits per heavy atom. The third kappa shape index (κ3) is 0.698. The topological polar surface area (TPSA) is 20.2 Å². The van der Waals surface area contributed by atoms with Gasteiger partial charge in [0.15, 0.2) is 0 Å². The minimum absolute atomic E-state index is 0.0726. The van der Waals surface area contributed by atoms with E-state index in [1.54, 1.807) is 0 Å². The summed E-state index contributed by atoms with van der Waals surface area (Å²) in [6.07, 6.45) is 10.9. The van der Waals surface area contributed by atoms with Crippen molar-refractivity contribution < 1.29 is 5.11 Å². The highest BCUT2D eigenvalue weighted by Gasteiger charge is 2.63. The Kier molecular flexibility index (Phi) is 1.36. The predicted octanol–water partition coefficient (Wildman–Crippen LogP) is 2.50. The Bertz CT molecular complexity index is 270. The van der Waals surface area contributed by atoms with Gasteiger partial charge in [0.05, 0.1) is 6.10 Å². The molecular formula is C12H18O. The molecule has 0 aromatic carbocycles. The zero-order chi connectivity index (χ0) is 9.10. The molecule has 2 fully saturated rings. The normalized spacial score (nSPS) is 58.3. The Morgan fingerprint density at radius 1 is 1.46 bits per heavy atom. The zero-order valence-electron chi connectivity index (χ0n) is 8.29. The summed E-state index contributed by atoms with van der Waals surface area (Å²) in [6, 6.07) is 0. The van der Waals surface area contributed by atoms with E-state index in [1.807, 2.05) is 0 Å².